The number of amides is 1. The normalized spacial score (nSPS) is 11.0. The van der Waals surface area contributed by atoms with Crippen molar-refractivity contribution in [2.24, 2.45) is 0 Å². The fourth-order valence-electron chi connectivity index (χ4n) is 1.97. The zero-order valence-electron chi connectivity index (χ0n) is 12.0. The van der Waals surface area contributed by atoms with Gasteiger partial charge < -0.3 is 9.73 Å². The molecule has 2 rings (SSSR count). The van der Waals surface area contributed by atoms with Crippen molar-refractivity contribution in [2.75, 3.05) is 0 Å². The van der Waals surface area contributed by atoms with Gasteiger partial charge in [0.25, 0.3) is 5.91 Å². The predicted molar refractivity (Wildman–Crippen MR) is 80.1 cm³/mol. The van der Waals surface area contributed by atoms with Crippen LogP contribution in [-0.4, -0.2) is 5.91 Å². The predicted octanol–water partition coefficient (Wildman–Crippen LogP) is 3.12. The van der Waals surface area contributed by atoms with Gasteiger partial charge in [0, 0.05) is 0 Å². The van der Waals surface area contributed by atoms with Crippen LogP contribution in [0.25, 0.3) is 6.08 Å². The maximum absolute atomic E-state index is 12.0. The maximum atomic E-state index is 12.0. The van der Waals surface area contributed by atoms with Crippen LogP contribution in [-0.2, 0) is 11.3 Å². The van der Waals surface area contributed by atoms with Crippen LogP contribution in [0, 0.1) is 25.2 Å². The molecule has 2 aromatic rings. The van der Waals surface area contributed by atoms with Crippen LogP contribution in [0.3, 0.4) is 0 Å². The van der Waals surface area contributed by atoms with Crippen LogP contribution in [0.5, 0.6) is 0 Å². The van der Waals surface area contributed by atoms with Crippen LogP contribution >= 0.6 is 0 Å². The molecule has 0 bridgehead atoms. The van der Waals surface area contributed by atoms with Gasteiger partial charge in [0.05, 0.1) is 12.8 Å². The molecule has 0 aliphatic heterocycles. The van der Waals surface area contributed by atoms with Crippen molar-refractivity contribution in [3.63, 3.8) is 0 Å². The van der Waals surface area contributed by atoms with Crippen molar-refractivity contribution in [1.29, 1.82) is 5.26 Å². The van der Waals surface area contributed by atoms with Crippen molar-refractivity contribution in [1.82, 2.24) is 5.32 Å². The van der Waals surface area contributed by atoms with Crippen molar-refractivity contribution in [3.05, 3.63) is 64.6 Å². The van der Waals surface area contributed by atoms with Gasteiger partial charge in [-0.1, -0.05) is 23.8 Å². The lowest BCUT2D eigenvalue weighted by Gasteiger charge is -2.04. The van der Waals surface area contributed by atoms with Crippen molar-refractivity contribution >= 4 is 12.0 Å². The number of furan rings is 1. The summed E-state index contributed by atoms with van der Waals surface area (Å²) >= 11 is 0. The summed E-state index contributed by atoms with van der Waals surface area (Å²) in [5, 5.41) is 11.8. The Labute approximate surface area is 123 Å². The molecule has 1 aromatic heterocycles. The first kappa shape index (κ1) is 14.6. The van der Waals surface area contributed by atoms with E-state index in [1.165, 1.54) is 6.26 Å². The highest BCUT2D eigenvalue weighted by molar-refractivity contribution is 6.01. The summed E-state index contributed by atoms with van der Waals surface area (Å²) in [6, 6.07) is 11.3. The molecule has 0 spiro atoms. The fourth-order valence-corrected chi connectivity index (χ4v) is 1.97. The zero-order valence-corrected chi connectivity index (χ0v) is 12.0. The van der Waals surface area contributed by atoms with E-state index in [4.69, 9.17) is 9.68 Å². The fraction of sp³-hybridized carbons (Fsp3) is 0.176. The maximum Gasteiger partial charge on any atom is 0.262 e. The van der Waals surface area contributed by atoms with E-state index in [-0.39, 0.29) is 12.1 Å². The summed E-state index contributed by atoms with van der Waals surface area (Å²) in [6.45, 7) is 4.22. The Morgan fingerprint density at radius 2 is 2.19 bits per heavy atom. The highest BCUT2D eigenvalue weighted by Gasteiger charge is 2.10. The molecular weight excluding hydrogens is 264 g/mol. The van der Waals surface area contributed by atoms with E-state index in [1.807, 2.05) is 38.1 Å². The lowest BCUT2D eigenvalue weighted by molar-refractivity contribution is -0.117. The van der Waals surface area contributed by atoms with Gasteiger partial charge in [0.15, 0.2) is 0 Å². The largest absolute Gasteiger partial charge is 0.467 e. The number of hydrogen-bond donors (Lipinski definition) is 1. The van der Waals surface area contributed by atoms with E-state index in [2.05, 4.69) is 5.32 Å². The Kier molecular flexibility index (Phi) is 4.57. The average molecular weight is 280 g/mol. The standard InChI is InChI=1S/C17H16N2O2/c1-12-5-6-14(13(2)8-12)9-15(10-18)17(20)19-11-16-4-3-7-21-16/h3-9H,11H2,1-2H3,(H,19,20)/b15-9+. The second-order valence-electron chi connectivity index (χ2n) is 4.79. The van der Waals surface area contributed by atoms with Crippen molar-refractivity contribution < 1.29 is 9.21 Å². The van der Waals surface area contributed by atoms with E-state index in [0.29, 0.717) is 5.76 Å². The molecule has 106 valence electrons. The van der Waals surface area contributed by atoms with E-state index in [9.17, 15) is 4.79 Å². The second-order valence-corrected chi connectivity index (χ2v) is 4.79. The van der Waals surface area contributed by atoms with Crippen LogP contribution in [0.2, 0.25) is 0 Å². The highest BCUT2D eigenvalue weighted by atomic mass is 16.3. The first-order valence-corrected chi connectivity index (χ1v) is 6.60. The lowest BCUT2D eigenvalue weighted by Crippen LogP contribution is -2.23. The molecule has 0 radical (unpaired) electrons. The summed E-state index contributed by atoms with van der Waals surface area (Å²) in [7, 11) is 0. The molecule has 1 N–H and O–H groups in total. The molecular formula is C17H16N2O2. The molecule has 1 amide bonds. The molecule has 21 heavy (non-hydrogen) atoms. The number of rotatable bonds is 4. The third-order valence-electron chi connectivity index (χ3n) is 3.09. The number of nitrogens with one attached hydrogen (secondary N) is 1. The third kappa shape index (κ3) is 3.83. The minimum absolute atomic E-state index is 0.0773. The molecule has 1 heterocycles. The Hall–Kier alpha value is -2.80. The molecule has 0 fully saturated rings. The number of aryl methyl sites for hydroxylation is 2. The van der Waals surface area contributed by atoms with Gasteiger partial charge in [0.1, 0.15) is 17.4 Å². The van der Waals surface area contributed by atoms with E-state index in [1.54, 1.807) is 18.2 Å². The summed E-state index contributed by atoms with van der Waals surface area (Å²) < 4.78 is 5.13. The smallest absolute Gasteiger partial charge is 0.262 e. The van der Waals surface area contributed by atoms with Crippen LogP contribution in [0.1, 0.15) is 22.5 Å². The van der Waals surface area contributed by atoms with Crippen LogP contribution < -0.4 is 5.32 Å². The molecule has 0 aliphatic rings. The topological polar surface area (TPSA) is 66.0 Å². The summed E-state index contributed by atoms with van der Waals surface area (Å²) in [5.74, 6) is 0.237. The minimum atomic E-state index is -0.408. The molecule has 0 unspecified atom stereocenters. The number of nitrogens with zero attached hydrogens (tertiary/aromatic N) is 1. The first-order chi connectivity index (χ1) is 10.1. The van der Waals surface area contributed by atoms with Gasteiger partial charge in [-0.15, -0.1) is 0 Å². The highest BCUT2D eigenvalue weighted by Crippen LogP contribution is 2.14. The quantitative estimate of drug-likeness (QED) is 0.691. The van der Waals surface area contributed by atoms with Gasteiger partial charge in [-0.3, -0.25) is 4.79 Å². The molecule has 0 saturated heterocycles. The molecule has 0 saturated carbocycles. The van der Waals surface area contributed by atoms with Gasteiger partial charge in [-0.2, -0.15) is 5.26 Å². The minimum Gasteiger partial charge on any atom is -0.467 e. The van der Waals surface area contributed by atoms with Crippen molar-refractivity contribution in [3.8, 4) is 6.07 Å². The molecule has 4 nitrogen and oxygen atoms in total. The zero-order chi connectivity index (χ0) is 15.2. The van der Waals surface area contributed by atoms with E-state index >= 15 is 0 Å². The van der Waals surface area contributed by atoms with Crippen molar-refractivity contribution in [2.45, 2.75) is 20.4 Å². The Morgan fingerprint density at radius 1 is 1.38 bits per heavy atom. The van der Waals surface area contributed by atoms with Gasteiger partial charge in [-0.05, 0) is 43.2 Å². The Morgan fingerprint density at radius 3 is 2.81 bits per heavy atom. The Bertz CT molecular complexity index is 707. The SMILES string of the molecule is Cc1ccc(/C=C(\C#N)C(=O)NCc2ccco2)c(C)c1. The lowest BCUT2D eigenvalue weighted by atomic mass is 10.0. The number of benzene rings is 1. The molecule has 1 aromatic carbocycles. The Balaban J connectivity index is 2.13. The van der Waals surface area contributed by atoms with Gasteiger partial charge >= 0.3 is 0 Å². The molecule has 4 heteroatoms. The second kappa shape index (κ2) is 6.58. The third-order valence-corrected chi connectivity index (χ3v) is 3.09. The van der Waals surface area contributed by atoms with Gasteiger partial charge in [0.2, 0.25) is 0 Å². The number of nitriles is 1. The average Bonchev–Trinajstić information content (AvgIpc) is 2.97. The molecule has 0 atom stereocenters. The van der Waals surface area contributed by atoms with Crippen LogP contribution in [0.4, 0.5) is 0 Å². The summed E-state index contributed by atoms with van der Waals surface area (Å²) in [6.07, 6.45) is 3.14. The monoisotopic (exact) mass is 280 g/mol. The number of carbonyl (C=O) groups excluding carboxylic acids is 1. The van der Waals surface area contributed by atoms with E-state index < -0.39 is 5.91 Å². The number of carbonyl (C=O) groups is 1. The molecule has 0 aliphatic carbocycles. The van der Waals surface area contributed by atoms with Gasteiger partial charge in [-0.25, -0.2) is 0 Å². The number of hydrogen-bond acceptors (Lipinski definition) is 3. The summed E-state index contributed by atoms with van der Waals surface area (Å²) in [5.41, 5.74) is 3.12. The first-order valence-electron chi connectivity index (χ1n) is 6.60. The van der Waals surface area contributed by atoms with E-state index in [0.717, 1.165) is 16.7 Å². The van der Waals surface area contributed by atoms with Crippen LogP contribution in [0.15, 0.2) is 46.6 Å². The summed E-state index contributed by atoms with van der Waals surface area (Å²) in [4.78, 5) is 12.0.